The van der Waals surface area contributed by atoms with Gasteiger partial charge in [-0.3, -0.25) is 4.79 Å². The van der Waals surface area contributed by atoms with E-state index in [0.29, 0.717) is 19.6 Å². The number of hydrogen-bond donors (Lipinski definition) is 0. The Morgan fingerprint density at radius 1 is 1.17 bits per heavy atom. The molecule has 5 heteroatoms. The van der Waals surface area contributed by atoms with Crippen molar-refractivity contribution in [3.8, 4) is 11.5 Å². The molecule has 0 unspecified atom stereocenters. The Balaban J connectivity index is 2.23. The average molecular weight is 322 g/mol. The third-order valence-corrected chi connectivity index (χ3v) is 4.49. The molecule has 0 aromatic heterocycles. The van der Waals surface area contributed by atoms with Crippen LogP contribution in [0.3, 0.4) is 0 Å². The fourth-order valence-corrected chi connectivity index (χ4v) is 2.85. The molecule has 128 valence electrons. The first kappa shape index (κ1) is 17.8. The normalized spacial score (nSPS) is 19.9. The molecule has 1 aromatic carbocycles. The number of benzene rings is 1. The molecule has 0 saturated carbocycles. The zero-order valence-electron chi connectivity index (χ0n) is 14.7. The number of carbonyl (C=O) groups excluding carboxylic acids is 1. The number of aldehydes is 1. The summed E-state index contributed by atoms with van der Waals surface area (Å²) in [4.78, 5) is 11.3. The van der Waals surface area contributed by atoms with Crippen LogP contribution >= 0.6 is 0 Å². The highest BCUT2D eigenvalue weighted by Gasteiger charge is 2.34. The molecular weight excluding hydrogens is 296 g/mol. The number of ether oxygens (including phenoxy) is 4. The highest BCUT2D eigenvalue weighted by molar-refractivity contribution is 5.66. The average Bonchev–Trinajstić information content (AvgIpc) is 2.55. The first-order chi connectivity index (χ1) is 10.9. The van der Waals surface area contributed by atoms with Crippen LogP contribution in [0.25, 0.3) is 0 Å². The van der Waals surface area contributed by atoms with E-state index in [1.165, 1.54) is 0 Å². The third kappa shape index (κ3) is 3.67. The van der Waals surface area contributed by atoms with Crippen LogP contribution in [0.2, 0.25) is 0 Å². The lowest BCUT2D eigenvalue weighted by molar-refractivity contribution is -0.121. The fourth-order valence-electron chi connectivity index (χ4n) is 2.85. The standard InChI is InChI=1S/C18H26O5/c1-12-13(2)17-15(6-7-18(4,10-19)23-17)14(3)16(12)22-11-21-9-8-20-5/h10H,6-9,11H2,1-5H3/t18-/m0/s1. The van der Waals surface area contributed by atoms with Crippen molar-refractivity contribution in [3.05, 3.63) is 22.3 Å². The van der Waals surface area contributed by atoms with Crippen molar-refractivity contribution in [2.75, 3.05) is 27.1 Å². The van der Waals surface area contributed by atoms with E-state index in [0.717, 1.165) is 46.5 Å². The van der Waals surface area contributed by atoms with Crippen LogP contribution in [-0.4, -0.2) is 39.0 Å². The summed E-state index contributed by atoms with van der Waals surface area (Å²) in [6.45, 7) is 9.11. The van der Waals surface area contributed by atoms with E-state index in [9.17, 15) is 4.79 Å². The Kier molecular flexibility index (Phi) is 5.65. The fraction of sp³-hybridized carbons (Fsp3) is 0.611. The van der Waals surface area contributed by atoms with Gasteiger partial charge >= 0.3 is 0 Å². The number of hydrogen-bond acceptors (Lipinski definition) is 5. The second-order valence-corrected chi connectivity index (χ2v) is 6.21. The van der Waals surface area contributed by atoms with Crippen molar-refractivity contribution < 1.29 is 23.7 Å². The van der Waals surface area contributed by atoms with Crippen LogP contribution in [0.5, 0.6) is 11.5 Å². The molecule has 23 heavy (non-hydrogen) atoms. The largest absolute Gasteiger partial charge is 0.480 e. The quantitative estimate of drug-likeness (QED) is 0.439. The molecule has 1 heterocycles. The molecule has 0 radical (unpaired) electrons. The molecule has 1 atom stereocenters. The summed E-state index contributed by atoms with van der Waals surface area (Å²) in [6.07, 6.45) is 2.38. The van der Waals surface area contributed by atoms with E-state index in [1.54, 1.807) is 7.11 Å². The lowest BCUT2D eigenvalue weighted by atomic mass is 9.88. The maximum Gasteiger partial charge on any atom is 0.189 e. The van der Waals surface area contributed by atoms with Gasteiger partial charge in [-0.25, -0.2) is 0 Å². The Morgan fingerprint density at radius 3 is 2.57 bits per heavy atom. The van der Waals surface area contributed by atoms with Crippen LogP contribution in [0.1, 0.15) is 35.6 Å². The van der Waals surface area contributed by atoms with Crippen molar-refractivity contribution in [1.82, 2.24) is 0 Å². The summed E-state index contributed by atoms with van der Waals surface area (Å²) in [7, 11) is 1.64. The summed E-state index contributed by atoms with van der Waals surface area (Å²) >= 11 is 0. The van der Waals surface area contributed by atoms with E-state index in [2.05, 4.69) is 0 Å². The van der Waals surface area contributed by atoms with Gasteiger partial charge in [-0.15, -0.1) is 0 Å². The monoisotopic (exact) mass is 322 g/mol. The SMILES string of the molecule is COCCOCOc1c(C)c(C)c2c(c1C)CC[C@@](C)(C=O)O2. The number of rotatable bonds is 7. The minimum Gasteiger partial charge on any atom is -0.480 e. The van der Waals surface area contributed by atoms with Crippen molar-refractivity contribution in [3.63, 3.8) is 0 Å². The first-order valence-electron chi connectivity index (χ1n) is 7.91. The molecule has 0 fully saturated rings. The van der Waals surface area contributed by atoms with Crippen molar-refractivity contribution >= 4 is 6.29 Å². The Labute approximate surface area is 137 Å². The molecule has 0 N–H and O–H groups in total. The van der Waals surface area contributed by atoms with Crippen LogP contribution in [0.4, 0.5) is 0 Å². The molecule has 0 aliphatic carbocycles. The van der Waals surface area contributed by atoms with Crippen molar-refractivity contribution in [1.29, 1.82) is 0 Å². The Bertz CT molecular complexity index is 582. The maximum absolute atomic E-state index is 11.3. The van der Waals surface area contributed by atoms with Gasteiger partial charge in [0.1, 0.15) is 11.5 Å². The second kappa shape index (κ2) is 7.32. The van der Waals surface area contributed by atoms with E-state index in [1.807, 2.05) is 27.7 Å². The molecule has 0 spiro atoms. The van der Waals surface area contributed by atoms with Gasteiger partial charge in [0.2, 0.25) is 0 Å². The zero-order valence-corrected chi connectivity index (χ0v) is 14.7. The van der Waals surface area contributed by atoms with Gasteiger partial charge in [0.05, 0.1) is 13.2 Å². The van der Waals surface area contributed by atoms with Crippen LogP contribution in [0, 0.1) is 20.8 Å². The highest BCUT2D eigenvalue weighted by atomic mass is 16.7. The van der Waals surface area contributed by atoms with Gasteiger partial charge in [-0.05, 0) is 57.2 Å². The molecule has 0 bridgehead atoms. The summed E-state index contributed by atoms with van der Waals surface area (Å²) in [5.74, 6) is 1.67. The number of fused-ring (bicyclic) bond motifs is 1. The smallest absolute Gasteiger partial charge is 0.189 e. The Hall–Kier alpha value is -1.59. The summed E-state index contributed by atoms with van der Waals surface area (Å²) < 4.78 is 22.2. The minimum atomic E-state index is -0.734. The molecule has 0 amide bonds. The van der Waals surface area contributed by atoms with Gasteiger partial charge in [-0.1, -0.05) is 0 Å². The molecule has 5 nitrogen and oxygen atoms in total. The molecule has 2 rings (SSSR count). The maximum atomic E-state index is 11.3. The third-order valence-electron chi connectivity index (χ3n) is 4.49. The summed E-state index contributed by atoms with van der Waals surface area (Å²) in [5.41, 5.74) is 3.49. The minimum absolute atomic E-state index is 0.191. The van der Waals surface area contributed by atoms with E-state index >= 15 is 0 Å². The van der Waals surface area contributed by atoms with Crippen LogP contribution in [-0.2, 0) is 20.7 Å². The Morgan fingerprint density at radius 2 is 1.91 bits per heavy atom. The topological polar surface area (TPSA) is 54.0 Å². The summed E-state index contributed by atoms with van der Waals surface area (Å²) in [5, 5.41) is 0. The van der Waals surface area contributed by atoms with E-state index in [-0.39, 0.29) is 6.79 Å². The lowest BCUT2D eigenvalue weighted by Gasteiger charge is -2.34. The predicted molar refractivity (Wildman–Crippen MR) is 87.4 cm³/mol. The highest BCUT2D eigenvalue weighted by Crippen LogP contribution is 2.43. The van der Waals surface area contributed by atoms with Gasteiger partial charge in [0.15, 0.2) is 18.7 Å². The molecule has 1 aliphatic rings. The van der Waals surface area contributed by atoms with E-state index in [4.69, 9.17) is 18.9 Å². The summed E-state index contributed by atoms with van der Waals surface area (Å²) in [6, 6.07) is 0. The second-order valence-electron chi connectivity index (χ2n) is 6.21. The van der Waals surface area contributed by atoms with Crippen LogP contribution < -0.4 is 9.47 Å². The molecule has 1 aromatic rings. The van der Waals surface area contributed by atoms with Crippen molar-refractivity contribution in [2.24, 2.45) is 0 Å². The van der Waals surface area contributed by atoms with Gasteiger partial charge in [0, 0.05) is 12.7 Å². The number of methoxy groups -OCH3 is 1. The van der Waals surface area contributed by atoms with Gasteiger partial charge in [-0.2, -0.15) is 0 Å². The number of carbonyl (C=O) groups is 1. The molecule has 1 aliphatic heterocycles. The first-order valence-corrected chi connectivity index (χ1v) is 7.91. The van der Waals surface area contributed by atoms with Crippen molar-refractivity contribution in [2.45, 2.75) is 46.1 Å². The van der Waals surface area contributed by atoms with Gasteiger partial charge in [0.25, 0.3) is 0 Å². The zero-order chi connectivity index (χ0) is 17.0. The predicted octanol–water partition coefficient (Wildman–Crippen LogP) is 2.89. The lowest BCUT2D eigenvalue weighted by Crippen LogP contribution is -2.38. The van der Waals surface area contributed by atoms with E-state index < -0.39 is 5.60 Å². The van der Waals surface area contributed by atoms with Crippen LogP contribution in [0.15, 0.2) is 0 Å². The molecule has 0 saturated heterocycles. The van der Waals surface area contributed by atoms with Gasteiger partial charge < -0.3 is 18.9 Å². The molecular formula is C18H26O5.